The SMILES string of the molecule is CN(CCCN=C(N)N)Cc1ccc(N2C=C3C=C(c4cc(CCCCN)cc(C(F)(F)F)c4)NC3NC2=O)cc1. The molecule has 2 aliphatic heterocycles. The molecular formula is C29H37F3N8O. The number of halogens is 3. The molecule has 0 aromatic heterocycles. The summed E-state index contributed by atoms with van der Waals surface area (Å²) in [5, 5.41) is 6.06. The highest BCUT2D eigenvalue weighted by atomic mass is 19.4. The maximum atomic E-state index is 13.7. The number of carbonyl (C=O) groups excluding carboxylic acids is 1. The number of guanidine groups is 1. The quantitative estimate of drug-likeness (QED) is 0.151. The number of nitrogens with one attached hydrogen (secondary N) is 2. The summed E-state index contributed by atoms with van der Waals surface area (Å²) in [6.45, 7) is 2.61. The number of amides is 2. The Morgan fingerprint density at radius 3 is 2.49 bits per heavy atom. The third kappa shape index (κ3) is 8.01. The Hall–Kier alpha value is -4.03. The van der Waals surface area contributed by atoms with E-state index in [0.717, 1.165) is 43.1 Å². The minimum atomic E-state index is -4.47. The molecule has 0 bridgehead atoms. The van der Waals surface area contributed by atoms with Crippen molar-refractivity contribution < 1.29 is 18.0 Å². The van der Waals surface area contributed by atoms with E-state index in [4.69, 9.17) is 17.2 Å². The highest BCUT2D eigenvalue weighted by molar-refractivity contribution is 5.96. The summed E-state index contributed by atoms with van der Waals surface area (Å²) < 4.78 is 41.0. The van der Waals surface area contributed by atoms with Gasteiger partial charge in [0.15, 0.2) is 5.96 Å². The highest BCUT2D eigenvalue weighted by Gasteiger charge is 2.34. The molecule has 1 atom stereocenters. The summed E-state index contributed by atoms with van der Waals surface area (Å²) in [7, 11) is 2.01. The highest BCUT2D eigenvalue weighted by Crippen LogP contribution is 2.34. The lowest BCUT2D eigenvalue weighted by molar-refractivity contribution is -0.137. The van der Waals surface area contributed by atoms with Gasteiger partial charge in [-0.2, -0.15) is 13.2 Å². The fraction of sp³-hybridized carbons (Fsp3) is 0.379. The molecule has 2 aromatic carbocycles. The normalized spacial score (nSPS) is 16.6. The van der Waals surface area contributed by atoms with Gasteiger partial charge in [-0.05, 0) is 98.9 Å². The number of unbranched alkanes of at least 4 members (excludes halogenated alkanes) is 1. The van der Waals surface area contributed by atoms with Gasteiger partial charge in [-0.1, -0.05) is 12.1 Å². The monoisotopic (exact) mass is 570 g/mol. The number of fused-ring (bicyclic) bond motifs is 1. The molecule has 2 amide bonds. The number of anilines is 1. The second kappa shape index (κ2) is 13.1. The first kappa shape index (κ1) is 29.9. The van der Waals surface area contributed by atoms with Crippen LogP contribution < -0.4 is 32.7 Å². The molecule has 9 nitrogen and oxygen atoms in total. The molecular weight excluding hydrogens is 533 g/mol. The van der Waals surface area contributed by atoms with Gasteiger partial charge < -0.3 is 32.7 Å². The number of aliphatic imine (C=N–C) groups is 1. The summed E-state index contributed by atoms with van der Waals surface area (Å²) >= 11 is 0. The van der Waals surface area contributed by atoms with Crippen molar-refractivity contribution in [1.29, 1.82) is 0 Å². The maximum absolute atomic E-state index is 13.7. The molecule has 4 rings (SSSR count). The van der Waals surface area contributed by atoms with E-state index in [1.165, 1.54) is 11.0 Å². The first-order valence-corrected chi connectivity index (χ1v) is 13.6. The smallest absolute Gasteiger partial charge is 0.370 e. The molecule has 220 valence electrons. The fourth-order valence-corrected chi connectivity index (χ4v) is 4.85. The average Bonchev–Trinajstić information content (AvgIpc) is 3.33. The predicted octanol–water partition coefficient (Wildman–Crippen LogP) is 3.47. The van der Waals surface area contributed by atoms with Crippen molar-refractivity contribution in [3.05, 3.63) is 82.6 Å². The molecule has 8 N–H and O–H groups in total. The van der Waals surface area contributed by atoms with E-state index in [-0.39, 0.29) is 12.0 Å². The van der Waals surface area contributed by atoms with Gasteiger partial charge in [-0.3, -0.25) is 9.89 Å². The maximum Gasteiger partial charge on any atom is 0.416 e. The zero-order valence-corrected chi connectivity index (χ0v) is 23.0. The summed E-state index contributed by atoms with van der Waals surface area (Å²) in [5.41, 5.74) is 19.6. The van der Waals surface area contributed by atoms with E-state index >= 15 is 0 Å². The molecule has 12 heteroatoms. The third-order valence-electron chi connectivity index (χ3n) is 6.92. The Morgan fingerprint density at radius 1 is 1.05 bits per heavy atom. The summed E-state index contributed by atoms with van der Waals surface area (Å²) in [5.74, 6) is 0.0882. The van der Waals surface area contributed by atoms with Crippen molar-refractivity contribution in [3.63, 3.8) is 0 Å². The Labute approximate surface area is 237 Å². The van der Waals surface area contributed by atoms with Crippen LogP contribution in [-0.2, 0) is 19.1 Å². The van der Waals surface area contributed by atoms with Crippen molar-refractivity contribution in [2.45, 2.75) is 44.6 Å². The van der Waals surface area contributed by atoms with E-state index in [2.05, 4.69) is 20.5 Å². The zero-order valence-electron chi connectivity index (χ0n) is 23.0. The predicted molar refractivity (Wildman–Crippen MR) is 156 cm³/mol. The topological polar surface area (TPSA) is 138 Å². The van der Waals surface area contributed by atoms with E-state index < -0.39 is 17.9 Å². The van der Waals surface area contributed by atoms with Crippen molar-refractivity contribution in [2.24, 2.45) is 22.2 Å². The van der Waals surface area contributed by atoms with Gasteiger partial charge in [-0.25, -0.2) is 4.79 Å². The van der Waals surface area contributed by atoms with Crippen LogP contribution in [-0.4, -0.2) is 49.7 Å². The largest absolute Gasteiger partial charge is 0.416 e. The lowest BCUT2D eigenvalue weighted by atomic mass is 9.99. The number of hydrogen-bond acceptors (Lipinski definition) is 5. The van der Waals surface area contributed by atoms with Gasteiger partial charge in [0.05, 0.1) is 11.3 Å². The van der Waals surface area contributed by atoms with Gasteiger partial charge in [0.2, 0.25) is 0 Å². The van der Waals surface area contributed by atoms with Crippen LogP contribution in [0.5, 0.6) is 0 Å². The Kier molecular flexibility index (Phi) is 9.56. The molecule has 2 heterocycles. The van der Waals surface area contributed by atoms with Gasteiger partial charge in [0.25, 0.3) is 0 Å². The van der Waals surface area contributed by atoms with Crippen molar-refractivity contribution >= 4 is 23.4 Å². The summed E-state index contributed by atoms with van der Waals surface area (Å²) in [6, 6.07) is 11.4. The molecule has 0 aliphatic carbocycles. The van der Waals surface area contributed by atoms with Gasteiger partial charge >= 0.3 is 12.2 Å². The molecule has 2 aliphatic rings. The number of carbonyl (C=O) groups is 1. The number of nitrogens with zero attached hydrogens (tertiary/aromatic N) is 3. The Balaban J connectivity index is 1.48. The lowest BCUT2D eigenvalue weighted by Gasteiger charge is -2.29. The first-order valence-electron chi connectivity index (χ1n) is 13.6. The molecule has 0 saturated heterocycles. The van der Waals surface area contributed by atoms with E-state index in [1.54, 1.807) is 18.3 Å². The van der Waals surface area contributed by atoms with E-state index in [9.17, 15) is 18.0 Å². The van der Waals surface area contributed by atoms with Gasteiger partial charge in [-0.15, -0.1) is 0 Å². The van der Waals surface area contributed by atoms with Crippen molar-refractivity contribution in [1.82, 2.24) is 15.5 Å². The minimum Gasteiger partial charge on any atom is -0.370 e. The Bertz CT molecular complexity index is 1320. The van der Waals surface area contributed by atoms with Gasteiger partial charge in [0.1, 0.15) is 6.17 Å². The molecule has 41 heavy (non-hydrogen) atoms. The Morgan fingerprint density at radius 2 is 1.80 bits per heavy atom. The zero-order chi connectivity index (χ0) is 29.6. The van der Waals surface area contributed by atoms with E-state index in [0.29, 0.717) is 48.4 Å². The van der Waals surface area contributed by atoms with Crippen LogP contribution >= 0.6 is 0 Å². The van der Waals surface area contributed by atoms with E-state index in [1.807, 2.05) is 31.3 Å². The minimum absolute atomic E-state index is 0.0882. The van der Waals surface area contributed by atoms with Crippen molar-refractivity contribution in [2.75, 3.05) is 31.6 Å². The first-order chi connectivity index (χ1) is 19.5. The summed E-state index contributed by atoms with van der Waals surface area (Å²) in [6.07, 6.45) is 1.26. The van der Waals surface area contributed by atoms with Crippen LogP contribution in [0.3, 0.4) is 0 Å². The second-order valence-corrected chi connectivity index (χ2v) is 10.3. The number of nitrogens with two attached hydrogens (primary N) is 3. The van der Waals surface area contributed by atoms with Crippen LogP contribution in [0.2, 0.25) is 0 Å². The van der Waals surface area contributed by atoms with Crippen molar-refractivity contribution in [3.8, 4) is 0 Å². The van der Waals surface area contributed by atoms with Crippen LogP contribution in [0.4, 0.5) is 23.7 Å². The third-order valence-corrected chi connectivity index (χ3v) is 6.92. The van der Waals surface area contributed by atoms with Gasteiger partial charge in [0, 0.05) is 30.6 Å². The number of alkyl halides is 3. The number of benzene rings is 2. The average molecular weight is 571 g/mol. The number of urea groups is 1. The standard InChI is InChI=1S/C29H37F3N8O/c1-39(12-4-11-36-27(34)35)17-19-6-8-24(9-7-19)40-18-22-16-25(37-26(22)38-28(40)41)21-13-20(5-2-3-10-33)14-23(15-21)29(30,31)32/h6-9,13-16,18,26,37H,2-5,10-12,17,33H2,1H3,(H,38,41)(H4,34,35,36). The molecule has 0 radical (unpaired) electrons. The fourth-order valence-electron chi connectivity index (χ4n) is 4.85. The number of rotatable bonds is 12. The summed E-state index contributed by atoms with van der Waals surface area (Å²) in [4.78, 5) is 20.6. The molecule has 1 unspecified atom stereocenters. The van der Waals surface area contributed by atoms with Crippen LogP contribution in [0.1, 0.15) is 41.5 Å². The van der Waals surface area contributed by atoms with Crippen LogP contribution in [0.25, 0.3) is 5.70 Å². The second-order valence-electron chi connectivity index (χ2n) is 10.3. The lowest BCUT2D eigenvalue weighted by Crippen LogP contribution is -2.51. The van der Waals surface area contributed by atoms with Crippen LogP contribution in [0.15, 0.2) is 65.3 Å². The number of hydrogen-bond donors (Lipinski definition) is 5. The molecule has 0 fully saturated rings. The molecule has 0 saturated carbocycles. The number of aryl methyl sites for hydroxylation is 1. The van der Waals surface area contributed by atoms with Crippen LogP contribution in [0, 0.1) is 0 Å². The molecule has 0 spiro atoms. The molecule has 2 aromatic rings.